The van der Waals surface area contributed by atoms with Crippen LogP contribution in [-0.2, 0) is 20.7 Å². The summed E-state index contributed by atoms with van der Waals surface area (Å²) in [6.07, 6.45) is 4.45. The third kappa shape index (κ3) is 3.14. The first-order valence-electron chi connectivity index (χ1n) is 8.70. The van der Waals surface area contributed by atoms with Crippen LogP contribution < -0.4 is 5.32 Å². The second-order valence-electron chi connectivity index (χ2n) is 6.91. The van der Waals surface area contributed by atoms with Crippen LogP contribution in [0.3, 0.4) is 0 Å². The van der Waals surface area contributed by atoms with Gasteiger partial charge < -0.3 is 14.8 Å². The molecule has 1 saturated heterocycles. The molecule has 0 spiro atoms. The van der Waals surface area contributed by atoms with Crippen molar-refractivity contribution in [3.05, 3.63) is 53.8 Å². The van der Waals surface area contributed by atoms with E-state index in [1.807, 2.05) is 6.92 Å². The molecule has 0 saturated carbocycles. The average Bonchev–Trinajstić information content (AvgIpc) is 3.02. The molecule has 1 aliphatic carbocycles. The van der Waals surface area contributed by atoms with E-state index in [1.54, 1.807) is 13.1 Å². The fourth-order valence-electron chi connectivity index (χ4n) is 3.85. The molecule has 0 radical (unpaired) electrons. The zero-order valence-electron chi connectivity index (χ0n) is 15.0. The summed E-state index contributed by atoms with van der Waals surface area (Å²) in [5.41, 5.74) is -0.408. The molecule has 26 heavy (non-hydrogen) atoms. The van der Waals surface area contributed by atoms with Gasteiger partial charge in [-0.05, 0) is 36.8 Å². The van der Waals surface area contributed by atoms with Crippen LogP contribution in [0.1, 0.15) is 25.3 Å². The molecular weight excluding hydrogens is 340 g/mol. The maximum absolute atomic E-state index is 14.4. The molecule has 1 fully saturated rings. The number of hydrogen-bond donors (Lipinski definition) is 1. The van der Waals surface area contributed by atoms with Crippen molar-refractivity contribution in [1.29, 1.82) is 0 Å². The van der Waals surface area contributed by atoms with Crippen molar-refractivity contribution in [2.75, 3.05) is 19.2 Å². The molecule has 3 atom stereocenters. The fraction of sp³-hybridized carbons (Fsp3) is 0.450. The molecule has 1 aromatic rings. The molecule has 140 valence electrons. The van der Waals surface area contributed by atoms with E-state index in [2.05, 4.69) is 11.9 Å². The summed E-state index contributed by atoms with van der Waals surface area (Å²) in [5, 5.41) is 2.62. The van der Waals surface area contributed by atoms with E-state index in [1.165, 1.54) is 12.1 Å². The number of fused-ring (bicyclic) bond motifs is 1. The Hall–Kier alpha value is -2.21. The number of benzene rings is 1. The van der Waals surface area contributed by atoms with Crippen molar-refractivity contribution >= 4 is 11.5 Å². The van der Waals surface area contributed by atoms with E-state index in [4.69, 9.17) is 9.47 Å². The molecule has 2 unspecified atom stereocenters. The summed E-state index contributed by atoms with van der Waals surface area (Å²) >= 11 is 0. The highest BCUT2D eigenvalue weighted by Gasteiger charge is 2.51. The Labute approximate surface area is 151 Å². The molecule has 3 rings (SSSR count). The van der Waals surface area contributed by atoms with Gasteiger partial charge in [0, 0.05) is 25.1 Å². The Balaban J connectivity index is 1.89. The lowest BCUT2D eigenvalue weighted by molar-refractivity contribution is -0.123. The van der Waals surface area contributed by atoms with Gasteiger partial charge in [-0.1, -0.05) is 13.0 Å². The maximum atomic E-state index is 14.4. The molecule has 2 aliphatic rings. The highest BCUT2D eigenvalue weighted by Crippen LogP contribution is 2.46. The summed E-state index contributed by atoms with van der Waals surface area (Å²) in [4.78, 5) is 12.2. The topological polar surface area (TPSA) is 47.6 Å². The number of nitrogens with one attached hydrogen (secondary N) is 1. The van der Waals surface area contributed by atoms with Crippen molar-refractivity contribution in [2.45, 2.75) is 31.8 Å². The minimum atomic E-state index is -0.799. The largest absolute Gasteiger partial charge is 0.469 e. The zero-order valence-corrected chi connectivity index (χ0v) is 15.0. The van der Waals surface area contributed by atoms with Gasteiger partial charge in [-0.3, -0.25) is 4.79 Å². The van der Waals surface area contributed by atoms with Gasteiger partial charge in [0.25, 0.3) is 0 Å². The van der Waals surface area contributed by atoms with Crippen LogP contribution in [0, 0.1) is 23.5 Å². The van der Waals surface area contributed by atoms with E-state index in [-0.39, 0.29) is 42.1 Å². The fourth-order valence-corrected chi connectivity index (χ4v) is 3.85. The van der Waals surface area contributed by atoms with Gasteiger partial charge >= 0.3 is 0 Å². The predicted octanol–water partition coefficient (Wildman–Crippen LogP) is 3.98. The van der Waals surface area contributed by atoms with Crippen LogP contribution in [0.25, 0.3) is 0 Å². The van der Waals surface area contributed by atoms with Crippen LogP contribution in [0.4, 0.5) is 14.5 Å². The summed E-state index contributed by atoms with van der Waals surface area (Å²) in [7, 11) is 1.54. The van der Waals surface area contributed by atoms with Gasteiger partial charge in [0.15, 0.2) is 12.6 Å². The zero-order chi connectivity index (χ0) is 18.9. The Morgan fingerprint density at radius 3 is 2.88 bits per heavy atom. The Bertz CT molecular complexity index is 762. The first-order chi connectivity index (χ1) is 12.4. The summed E-state index contributed by atoms with van der Waals surface area (Å²) in [6, 6.07) is 2.37. The van der Waals surface area contributed by atoms with Crippen LogP contribution in [0.15, 0.2) is 36.6 Å². The highest BCUT2D eigenvalue weighted by molar-refractivity contribution is 5.93. The van der Waals surface area contributed by atoms with Crippen molar-refractivity contribution in [3.63, 3.8) is 0 Å². The highest BCUT2D eigenvalue weighted by atomic mass is 19.1. The van der Waals surface area contributed by atoms with E-state index in [9.17, 15) is 13.6 Å². The van der Waals surface area contributed by atoms with Gasteiger partial charge in [-0.2, -0.15) is 0 Å². The van der Waals surface area contributed by atoms with Gasteiger partial charge in [0.1, 0.15) is 23.0 Å². The SMILES string of the molecule is C=CCC1C[C@]2(C(C)Cc3cc(F)c(NC)cc3F)OCOC2=CC1=O. The number of carbonyl (C=O) groups is 1. The number of anilines is 1. The molecule has 0 aromatic heterocycles. The predicted molar refractivity (Wildman–Crippen MR) is 94.6 cm³/mol. The third-order valence-corrected chi connectivity index (χ3v) is 5.35. The lowest BCUT2D eigenvalue weighted by Crippen LogP contribution is -2.45. The van der Waals surface area contributed by atoms with Crippen LogP contribution in [0.5, 0.6) is 0 Å². The normalized spacial score (nSPS) is 25.9. The van der Waals surface area contributed by atoms with Crippen LogP contribution in [0.2, 0.25) is 0 Å². The molecule has 0 bridgehead atoms. The van der Waals surface area contributed by atoms with Crippen molar-refractivity contribution in [3.8, 4) is 0 Å². The summed E-state index contributed by atoms with van der Waals surface area (Å²) in [5.74, 6) is -0.944. The van der Waals surface area contributed by atoms with Crippen molar-refractivity contribution in [1.82, 2.24) is 0 Å². The smallest absolute Gasteiger partial charge is 0.189 e. The first kappa shape index (κ1) is 18.6. The number of hydrogen-bond acceptors (Lipinski definition) is 4. The molecule has 1 aliphatic heterocycles. The summed E-state index contributed by atoms with van der Waals surface area (Å²) < 4.78 is 39.9. The molecule has 6 heteroatoms. The van der Waals surface area contributed by atoms with Gasteiger partial charge in [0.2, 0.25) is 0 Å². The van der Waals surface area contributed by atoms with Gasteiger partial charge in [-0.25, -0.2) is 8.78 Å². The molecular formula is C20H23F2NO3. The third-order valence-electron chi connectivity index (χ3n) is 5.35. The van der Waals surface area contributed by atoms with Crippen molar-refractivity contribution in [2.24, 2.45) is 11.8 Å². The lowest BCUT2D eigenvalue weighted by atomic mass is 9.71. The van der Waals surface area contributed by atoms with E-state index in [0.29, 0.717) is 18.6 Å². The summed E-state index contributed by atoms with van der Waals surface area (Å²) in [6.45, 7) is 5.67. The molecule has 1 heterocycles. The molecule has 1 aromatic carbocycles. The van der Waals surface area contributed by atoms with Crippen LogP contribution >= 0.6 is 0 Å². The molecule has 0 amide bonds. The Morgan fingerprint density at radius 1 is 1.42 bits per heavy atom. The number of halogens is 2. The Kier molecular flexibility index (Phi) is 5.14. The monoisotopic (exact) mass is 363 g/mol. The van der Waals surface area contributed by atoms with E-state index < -0.39 is 17.2 Å². The lowest BCUT2D eigenvalue weighted by Gasteiger charge is -2.38. The molecule has 4 nitrogen and oxygen atoms in total. The number of ketones is 1. The van der Waals surface area contributed by atoms with Crippen molar-refractivity contribution < 1.29 is 23.0 Å². The standard InChI is InChI=1S/C20H23F2NO3/c1-4-5-13-10-20(19(9-18(13)24)25-11-26-20)12(2)6-14-7-16(22)17(23-3)8-15(14)21/h4,7-9,12-13,23H,1,5-6,10-11H2,2-3H3/t12?,13?,20-/m1/s1. The maximum Gasteiger partial charge on any atom is 0.189 e. The van der Waals surface area contributed by atoms with E-state index in [0.717, 1.165) is 6.07 Å². The minimum Gasteiger partial charge on any atom is -0.469 e. The van der Waals surface area contributed by atoms with E-state index >= 15 is 0 Å². The second-order valence-corrected chi connectivity index (χ2v) is 6.91. The number of allylic oxidation sites excluding steroid dienone is 2. The molecule has 1 N–H and O–H groups in total. The van der Waals surface area contributed by atoms with Gasteiger partial charge in [-0.15, -0.1) is 6.58 Å². The number of ether oxygens (including phenoxy) is 2. The number of carbonyl (C=O) groups excluding carboxylic acids is 1. The van der Waals surface area contributed by atoms with Crippen LogP contribution in [-0.4, -0.2) is 25.2 Å². The first-order valence-corrected chi connectivity index (χ1v) is 8.70. The number of rotatable bonds is 6. The average molecular weight is 363 g/mol. The minimum absolute atomic E-state index is 0.0103. The van der Waals surface area contributed by atoms with Gasteiger partial charge in [0.05, 0.1) is 5.69 Å². The second kappa shape index (κ2) is 7.19. The quantitative estimate of drug-likeness (QED) is 0.777. The Morgan fingerprint density at radius 2 is 2.19 bits per heavy atom.